The molecule has 30 heavy (non-hydrogen) atoms. The number of nitrogens with zero attached hydrogens (tertiary/aromatic N) is 4. The number of benzene rings is 2. The summed E-state index contributed by atoms with van der Waals surface area (Å²) < 4.78 is 6.17. The van der Waals surface area contributed by atoms with E-state index in [2.05, 4.69) is 19.9 Å². The van der Waals surface area contributed by atoms with Gasteiger partial charge in [0.1, 0.15) is 5.75 Å². The minimum Gasteiger partial charge on any atom is -0.438 e. The lowest BCUT2D eigenvalue weighted by Gasteiger charge is -2.10. The molecule has 0 saturated carbocycles. The lowest BCUT2D eigenvalue weighted by molar-refractivity contribution is 0.468. The van der Waals surface area contributed by atoms with Crippen LogP contribution in [0.1, 0.15) is 0 Å². The molecule has 0 N–H and O–H groups in total. The van der Waals surface area contributed by atoms with Crippen molar-refractivity contribution in [3.63, 3.8) is 0 Å². The zero-order chi connectivity index (χ0) is 20.2. The highest BCUT2D eigenvalue weighted by molar-refractivity contribution is 7.99. The second-order valence-electron chi connectivity index (χ2n) is 6.46. The maximum atomic E-state index is 6.17. The van der Waals surface area contributed by atoms with E-state index in [4.69, 9.17) is 4.74 Å². The van der Waals surface area contributed by atoms with Crippen LogP contribution in [0, 0.1) is 0 Å². The van der Waals surface area contributed by atoms with Gasteiger partial charge in [0.2, 0.25) is 5.88 Å². The van der Waals surface area contributed by atoms with Crippen LogP contribution in [0.4, 0.5) is 0 Å². The van der Waals surface area contributed by atoms with Gasteiger partial charge in [-0.15, -0.1) is 0 Å². The maximum absolute atomic E-state index is 6.17. The highest BCUT2D eigenvalue weighted by atomic mass is 32.2. The van der Waals surface area contributed by atoms with Gasteiger partial charge in [0, 0.05) is 40.1 Å². The molecule has 0 atom stereocenters. The van der Waals surface area contributed by atoms with Crippen LogP contribution in [-0.4, -0.2) is 19.9 Å². The largest absolute Gasteiger partial charge is 0.438 e. The summed E-state index contributed by atoms with van der Waals surface area (Å²) in [4.78, 5) is 19.8. The summed E-state index contributed by atoms with van der Waals surface area (Å²) in [6.45, 7) is 0. The fourth-order valence-electron chi connectivity index (χ4n) is 2.99. The molecule has 2 aromatic carbocycles. The highest BCUT2D eigenvalue weighted by Gasteiger charge is 2.11. The molecule has 0 fully saturated rings. The second kappa shape index (κ2) is 8.31. The summed E-state index contributed by atoms with van der Waals surface area (Å²) in [5.74, 6) is 1.86. The van der Waals surface area contributed by atoms with E-state index in [-0.39, 0.29) is 0 Å². The van der Waals surface area contributed by atoms with Gasteiger partial charge in [0.05, 0.1) is 10.9 Å². The van der Waals surface area contributed by atoms with Gasteiger partial charge in [-0.1, -0.05) is 23.9 Å². The zero-order valence-electron chi connectivity index (χ0n) is 15.8. The third-order valence-corrected chi connectivity index (χ3v) is 5.45. The molecule has 0 spiro atoms. The van der Waals surface area contributed by atoms with Crippen LogP contribution in [0.15, 0.2) is 107 Å². The Hall–Kier alpha value is -3.77. The number of para-hydroxylation sites is 1. The van der Waals surface area contributed by atoms with Gasteiger partial charge in [-0.25, -0.2) is 4.98 Å². The summed E-state index contributed by atoms with van der Waals surface area (Å²) in [6.07, 6.45) is 7.04. The fraction of sp³-hybridized carbons (Fsp3) is 0. The Morgan fingerprint density at radius 1 is 0.633 bits per heavy atom. The molecule has 5 nitrogen and oxygen atoms in total. The summed E-state index contributed by atoms with van der Waals surface area (Å²) in [5, 5.41) is 0.866. The number of aromatic nitrogens is 4. The standard InChI is InChI=1S/C24H16N4OS/c1-2-4-22-21(3-1)24(28-23(27-22)17-9-13-25-14-10-17)29-18-5-7-19(8-6-18)30-20-11-15-26-16-12-20/h1-16H. The maximum Gasteiger partial charge on any atom is 0.230 e. The predicted molar refractivity (Wildman–Crippen MR) is 118 cm³/mol. The Labute approximate surface area is 177 Å². The normalized spacial score (nSPS) is 10.8. The topological polar surface area (TPSA) is 60.8 Å². The van der Waals surface area contributed by atoms with E-state index < -0.39 is 0 Å². The van der Waals surface area contributed by atoms with Gasteiger partial charge >= 0.3 is 0 Å². The van der Waals surface area contributed by atoms with Crippen LogP contribution in [-0.2, 0) is 0 Å². The lowest BCUT2D eigenvalue weighted by Crippen LogP contribution is -1.96. The Morgan fingerprint density at radius 3 is 2.07 bits per heavy atom. The van der Waals surface area contributed by atoms with Crippen molar-refractivity contribution in [2.24, 2.45) is 0 Å². The molecule has 3 heterocycles. The second-order valence-corrected chi connectivity index (χ2v) is 7.61. The van der Waals surface area contributed by atoms with Crippen molar-refractivity contribution in [1.82, 2.24) is 19.9 Å². The molecule has 0 unspecified atom stereocenters. The number of ether oxygens (including phenoxy) is 1. The molecule has 0 radical (unpaired) electrons. The van der Waals surface area contributed by atoms with Crippen molar-refractivity contribution < 1.29 is 4.74 Å². The molecule has 6 heteroatoms. The molecule has 0 amide bonds. The van der Waals surface area contributed by atoms with Crippen molar-refractivity contribution >= 4 is 22.7 Å². The Bertz CT molecular complexity index is 1280. The van der Waals surface area contributed by atoms with Crippen molar-refractivity contribution in [2.45, 2.75) is 9.79 Å². The Morgan fingerprint density at radius 2 is 1.30 bits per heavy atom. The molecule has 0 bridgehead atoms. The first-order valence-electron chi connectivity index (χ1n) is 9.38. The number of pyridine rings is 2. The fourth-order valence-corrected chi connectivity index (χ4v) is 3.79. The predicted octanol–water partition coefficient (Wildman–Crippen LogP) is 6.03. The van der Waals surface area contributed by atoms with Crippen molar-refractivity contribution in [3.05, 3.63) is 97.6 Å². The Kier molecular flexibility index (Phi) is 5.06. The lowest BCUT2D eigenvalue weighted by atomic mass is 10.2. The molecule has 5 aromatic rings. The highest BCUT2D eigenvalue weighted by Crippen LogP contribution is 2.32. The van der Waals surface area contributed by atoms with E-state index in [0.717, 1.165) is 32.0 Å². The minimum atomic E-state index is 0.530. The number of fused-ring (bicyclic) bond motifs is 1. The molecular weight excluding hydrogens is 392 g/mol. The van der Waals surface area contributed by atoms with Crippen LogP contribution in [0.2, 0.25) is 0 Å². The van der Waals surface area contributed by atoms with Gasteiger partial charge in [-0.2, -0.15) is 4.98 Å². The van der Waals surface area contributed by atoms with Gasteiger partial charge < -0.3 is 4.74 Å². The zero-order valence-corrected chi connectivity index (χ0v) is 16.7. The van der Waals surface area contributed by atoms with Crippen LogP contribution >= 0.6 is 11.8 Å². The summed E-state index contributed by atoms with van der Waals surface area (Å²) in [7, 11) is 0. The molecule has 144 valence electrons. The van der Waals surface area contributed by atoms with Gasteiger partial charge in [0.25, 0.3) is 0 Å². The monoisotopic (exact) mass is 408 g/mol. The molecule has 0 saturated heterocycles. The quantitative estimate of drug-likeness (QED) is 0.354. The molecule has 0 aliphatic carbocycles. The molecular formula is C24H16N4OS. The first kappa shape index (κ1) is 18.3. The summed E-state index contributed by atoms with van der Waals surface area (Å²) >= 11 is 1.68. The summed E-state index contributed by atoms with van der Waals surface area (Å²) in [5.41, 5.74) is 1.73. The van der Waals surface area contributed by atoms with Crippen LogP contribution in [0.5, 0.6) is 11.6 Å². The third-order valence-electron chi connectivity index (χ3n) is 4.43. The number of rotatable bonds is 5. The third kappa shape index (κ3) is 3.99. The van der Waals surface area contributed by atoms with Gasteiger partial charge in [-0.3, -0.25) is 9.97 Å². The average Bonchev–Trinajstić information content (AvgIpc) is 2.81. The van der Waals surface area contributed by atoms with E-state index in [0.29, 0.717) is 11.7 Å². The van der Waals surface area contributed by atoms with Crippen LogP contribution in [0.25, 0.3) is 22.3 Å². The Balaban J connectivity index is 1.46. The summed E-state index contributed by atoms with van der Waals surface area (Å²) in [6, 6.07) is 23.6. The molecule has 0 aliphatic heterocycles. The smallest absolute Gasteiger partial charge is 0.230 e. The van der Waals surface area contributed by atoms with Crippen LogP contribution in [0.3, 0.4) is 0 Å². The molecule has 5 rings (SSSR count). The van der Waals surface area contributed by atoms with Crippen molar-refractivity contribution in [2.75, 3.05) is 0 Å². The van der Waals surface area contributed by atoms with E-state index in [9.17, 15) is 0 Å². The van der Waals surface area contributed by atoms with E-state index >= 15 is 0 Å². The first-order chi connectivity index (χ1) is 14.8. The first-order valence-corrected chi connectivity index (χ1v) is 10.2. The van der Waals surface area contributed by atoms with Gasteiger partial charge in [-0.05, 0) is 60.7 Å². The van der Waals surface area contributed by atoms with Crippen molar-refractivity contribution in [3.8, 4) is 23.0 Å². The average molecular weight is 408 g/mol. The molecule has 0 aliphatic rings. The number of hydrogen-bond acceptors (Lipinski definition) is 6. The van der Waals surface area contributed by atoms with Gasteiger partial charge in [0.15, 0.2) is 5.82 Å². The van der Waals surface area contributed by atoms with Crippen LogP contribution < -0.4 is 4.74 Å². The SMILES string of the molecule is c1ccc2c(Oc3ccc(Sc4ccncc4)cc3)nc(-c3ccncc3)nc2c1. The number of hydrogen-bond donors (Lipinski definition) is 0. The van der Waals surface area contributed by atoms with E-state index in [1.165, 1.54) is 0 Å². The van der Waals surface area contributed by atoms with Crippen molar-refractivity contribution in [1.29, 1.82) is 0 Å². The minimum absolute atomic E-state index is 0.530. The molecule has 3 aromatic heterocycles. The van der Waals surface area contributed by atoms with E-state index in [1.54, 1.807) is 36.5 Å². The van der Waals surface area contributed by atoms with E-state index in [1.807, 2.05) is 72.8 Å².